The van der Waals surface area contributed by atoms with Gasteiger partial charge in [-0.2, -0.15) is 5.26 Å². The number of fused-ring (bicyclic) bond motifs is 1. The van der Waals surface area contributed by atoms with Crippen molar-refractivity contribution in [1.29, 1.82) is 5.26 Å². The van der Waals surface area contributed by atoms with Gasteiger partial charge in [0.15, 0.2) is 5.82 Å². The first-order valence-corrected chi connectivity index (χ1v) is 12.2. The molecule has 10 nitrogen and oxygen atoms in total. The number of non-ortho nitro benzene ring substituents is 1. The summed E-state index contributed by atoms with van der Waals surface area (Å²) in [7, 11) is 0. The summed E-state index contributed by atoms with van der Waals surface area (Å²) in [6, 6.07) is 26.9. The van der Waals surface area contributed by atoms with E-state index in [1.165, 1.54) is 12.1 Å². The summed E-state index contributed by atoms with van der Waals surface area (Å²) in [5, 5.41) is 29.3. The number of nitrogens with zero attached hydrogens (tertiary/aromatic N) is 7. The third-order valence-electron chi connectivity index (χ3n) is 6.39. The molecule has 0 saturated carbocycles. The molecule has 0 aliphatic rings. The van der Waals surface area contributed by atoms with Gasteiger partial charge in [-0.3, -0.25) is 14.9 Å². The van der Waals surface area contributed by atoms with Crippen LogP contribution in [0.15, 0.2) is 91.3 Å². The minimum atomic E-state index is -0.439. The predicted molar refractivity (Wildman–Crippen MR) is 144 cm³/mol. The molecule has 0 bridgehead atoms. The highest BCUT2D eigenvalue weighted by molar-refractivity contribution is 5.94. The summed E-state index contributed by atoms with van der Waals surface area (Å²) in [5.41, 5.74) is 3.47. The smallest absolute Gasteiger partial charge is 0.272 e. The van der Waals surface area contributed by atoms with E-state index in [0.717, 1.165) is 22.0 Å². The molecule has 5 aromatic rings. The number of hydrogen-bond acceptors (Lipinski definition) is 7. The molecule has 192 valence electrons. The Morgan fingerprint density at radius 2 is 1.72 bits per heavy atom. The Morgan fingerprint density at radius 1 is 0.974 bits per heavy atom. The standard InChI is InChI=1S/C29H23N7O3/c30-17-22-5-7-23(8-6-22)18-35-20-31-33-28(35)19-34(16-15-21-9-12-25(13-10-21)36(38)39)29(37)27-14-11-24-3-1-2-4-26(24)32-27/h1-14,20H,15-16,18-19H2. The van der Waals surface area contributed by atoms with Gasteiger partial charge >= 0.3 is 0 Å². The van der Waals surface area contributed by atoms with Crippen LogP contribution in [-0.4, -0.2) is 42.0 Å². The highest BCUT2D eigenvalue weighted by Gasteiger charge is 2.21. The zero-order chi connectivity index (χ0) is 27.2. The SMILES string of the molecule is N#Cc1ccc(Cn2cnnc2CN(CCc2ccc([N+](=O)[O-])cc2)C(=O)c2ccc3ccccc3n2)cc1. The zero-order valence-electron chi connectivity index (χ0n) is 20.8. The number of carbonyl (C=O) groups excluding carboxylic acids is 1. The van der Waals surface area contributed by atoms with E-state index in [2.05, 4.69) is 21.3 Å². The van der Waals surface area contributed by atoms with E-state index in [1.54, 1.807) is 41.6 Å². The topological polar surface area (TPSA) is 131 Å². The van der Waals surface area contributed by atoms with Crippen molar-refractivity contribution in [2.24, 2.45) is 0 Å². The molecular weight excluding hydrogens is 494 g/mol. The van der Waals surface area contributed by atoms with Crippen molar-refractivity contribution in [1.82, 2.24) is 24.6 Å². The van der Waals surface area contributed by atoms with E-state index >= 15 is 0 Å². The summed E-state index contributed by atoms with van der Waals surface area (Å²) in [6.07, 6.45) is 2.10. The van der Waals surface area contributed by atoms with Crippen molar-refractivity contribution in [3.63, 3.8) is 0 Å². The molecule has 39 heavy (non-hydrogen) atoms. The quantitative estimate of drug-likeness (QED) is 0.207. The molecule has 0 fully saturated rings. The summed E-state index contributed by atoms with van der Waals surface area (Å²) in [5.74, 6) is 0.341. The molecule has 3 aromatic carbocycles. The third-order valence-corrected chi connectivity index (χ3v) is 6.39. The van der Waals surface area contributed by atoms with Gasteiger partial charge in [0.1, 0.15) is 12.0 Å². The Kier molecular flexibility index (Phi) is 7.32. The van der Waals surface area contributed by atoms with Crippen molar-refractivity contribution < 1.29 is 9.72 Å². The first kappa shape index (κ1) is 25.2. The maximum atomic E-state index is 13.7. The first-order chi connectivity index (χ1) is 19.0. The number of pyridine rings is 1. The second-order valence-electron chi connectivity index (χ2n) is 8.97. The van der Waals surface area contributed by atoms with E-state index in [1.807, 2.05) is 47.0 Å². The van der Waals surface area contributed by atoms with Crippen LogP contribution in [-0.2, 0) is 19.5 Å². The molecule has 2 heterocycles. The number of carbonyl (C=O) groups is 1. The van der Waals surface area contributed by atoms with Crippen molar-refractivity contribution in [2.75, 3.05) is 6.54 Å². The number of benzene rings is 3. The average molecular weight is 518 g/mol. The van der Waals surface area contributed by atoms with Gasteiger partial charge in [0, 0.05) is 24.1 Å². The highest BCUT2D eigenvalue weighted by atomic mass is 16.6. The molecule has 0 radical (unpaired) electrons. The Bertz CT molecular complexity index is 1670. The van der Waals surface area contributed by atoms with Crippen molar-refractivity contribution in [3.8, 4) is 6.07 Å². The molecule has 5 rings (SSSR count). The van der Waals surface area contributed by atoms with Crippen molar-refractivity contribution in [3.05, 3.63) is 130 Å². The largest absolute Gasteiger partial charge is 0.329 e. The molecule has 0 N–H and O–H groups in total. The number of nitro groups is 1. The van der Waals surface area contributed by atoms with Gasteiger partial charge in [-0.25, -0.2) is 4.98 Å². The van der Waals surface area contributed by atoms with Gasteiger partial charge < -0.3 is 9.47 Å². The predicted octanol–water partition coefficient (Wildman–Crippen LogP) is 4.54. The minimum absolute atomic E-state index is 0.0166. The van der Waals surface area contributed by atoms with Crippen LogP contribution < -0.4 is 0 Å². The van der Waals surface area contributed by atoms with E-state index in [4.69, 9.17) is 5.26 Å². The summed E-state index contributed by atoms with van der Waals surface area (Å²) >= 11 is 0. The molecule has 2 aromatic heterocycles. The van der Waals surface area contributed by atoms with Crippen LogP contribution in [0.25, 0.3) is 10.9 Å². The normalized spacial score (nSPS) is 10.7. The van der Waals surface area contributed by atoms with Gasteiger partial charge in [0.2, 0.25) is 0 Å². The first-order valence-electron chi connectivity index (χ1n) is 12.2. The second-order valence-corrected chi connectivity index (χ2v) is 8.97. The van der Waals surface area contributed by atoms with Crippen LogP contribution in [0.4, 0.5) is 5.69 Å². The van der Waals surface area contributed by atoms with E-state index in [9.17, 15) is 14.9 Å². The maximum Gasteiger partial charge on any atom is 0.272 e. The van der Waals surface area contributed by atoms with Crippen LogP contribution in [0.1, 0.15) is 33.0 Å². The van der Waals surface area contributed by atoms with Gasteiger partial charge in [-0.15, -0.1) is 10.2 Å². The highest BCUT2D eigenvalue weighted by Crippen LogP contribution is 2.17. The summed E-state index contributed by atoms with van der Waals surface area (Å²) < 4.78 is 1.86. The fourth-order valence-corrected chi connectivity index (χ4v) is 4.23. The molecule has 0 aliphatic carbocycles. The van der Waals surface area contributed by atoms with E-state index < -0.39 is 4.92 Å². The van der Waals surface area contributed by atoms with Crippen LogP contribution in [0.5, 0.6) is 0 Å². The lowest BCUT2D eigenvalue weighted by Gasteiger charge is -2.22. The zero-order valence-corrected chi connectivity index (χ0v) is 20.8. The monoisotopic (exact) mass is 517 g/mol. The number of para-hydroxylation sites is 1. The van der Waals surface area contributed by atoms with Crippen molar-refractivity contribution >= 4 is 22.5 Å². The average Bonchev–Trinajstić information content (AvgIpc) is 3.41. The number of amides is 1. The summed E-state index contributed by atoms with van der Waals surface area (Å²) in [4.78, 5) is 30.5. The fraction of sp³-hybridized carbons (Fsp3) is 0.138. The van der Waals surface area contributed by atoms with Crippen LogP contribution >= 0.6 is 0 Å². The van der Waals surface area contributed by atoms with E-state index in [-0.39, 0.29) is 18.1 Å². The molecule has 0 saturated heterocycles. The second kappa shape index (κ2) is 11.3. The lowest BCUT2D eigenvalue weighted by molar-refractivity contribution is -0.384. The molecule has 0 aliphatic heterocycles. The van der Waals surface area contributed by atoms with Gasteiger partial charge in [-0.1, -0.05) is 48.5 Å². The van der Waals surface area contributed by atoms with Gasteiger partial charge in [0.25, 0.3) is 11.6 Å². The molecule has 10 heteroatoms. The Balaban J connectivity index is 1.39. The number of nitro benzene ring substituents is 1. The molecule has 1 amide bonds. The Morgan fingerprint density at radius 3 is 2.46 bits per heavy atom. The lowest BCUT2D eigenvalue weighted by atomic mass is 10.1. The molecule has 0 unspecified atom stereocenters. The maximum absolute atomic E-state index is 13.7. The van der Waals surface area contributed by atoms with Gasteiger partial charge in [-0.05, 0) is 41.8 Å². The third kappa shape index (κ3) is 5.94. The lowest BCUT2D eigenvalue weighted by Crippen LogP contribution is -2.34. The number of nitriles is 1. The minimum Gasteiger partial charge on any atom is -0.329 e. The van der Waals surface area contributed by atoms with E-state index in [0.29, 0.717) is 36.6 Å². The fourth-order valence-electron chi connectivity index (χ4n) is 4.23. The molecular formula is C29H23N7O3. The number of aromatic nitrogens is 4. The van der Waals surface area contributed by atoms with Crippen LogP contribution in [0, 0.1) is 21.4 Å². The van der Waals surface area contributed by atoms with Gasteiger partial charge in [0.05, 0.1) is 35.2 Å². The van der Waals surface area contributed by atoms with Crippen molar-refractivity contribution in [2.45, 2.75) is 19.5 Å². The number of rotatable bonds is 9. The Hall–Kier alpha value is -5.43. The molecule has 0 atom stereocenters. The Labute approximate surface area is 223 Å². The van der Waals surface area contributed by atoms with Crippen LogP contribution in [0.3, 0.4) is 0 Å². The summed E-state index contributed by atoms with van der Waals surface area (Å²) in [6.45, 7) is 1.01. The number of hydrogen-bond donors (Lipinski definition) is 0. The van der Waals surface area contributed by atoms with Crippen LogP contribution in [0.2, 0.25) is 0 Å². The molecule has 0 spiro atoms.